The Kier molecular flexibility index (Phi) is 4.37. The van der Waals surface area contributed by atoms with E-state index in [0.717, 1.165) is 31.2 Å². The molecule has 0 aliphatic heterocycles. The predicted molar refractivity (Wildman–Crippen MR) is 69.3 cm³/mol. The lowest BCUT2D eigenvalue weighted by atomic mass is 9.95. The molecule has 0 saturated heterocycles. The van der Waals surface area contributed by atoms with Crippen LogP contribution in [0.15, 0.2) is 30.3 Å². The summed E-state index contributed by atoms with van der Waals surface area (Å²) in [6, 6.07) is 10.1. The molecule has 1 fully saturated rings. The SMILES string of the molecule is O=C(O)CCC1(OCc2ccccc2)CCCC1. The van der Waals surface area contributed by atoms with Crippen molar-refractivity contribution in [1.29, 1.82) is 0 Å². The van der Waals surface area contributed by atoms with E-state index in [-0.39, 0.29) is 12.0 Å². The summed E-state index contributed by atoms with van der Waals surface area (Å²) in [5.74, 6) is -0.732. The number of carboxylic acids is 1. The first-order valence-corrected chi connectivity index (χ1v) is 6.60. The number of rotatable bonds is 6. The van der Waals surface area contributed by atoms with Gasteiger partial charge in [0.2, 0.25) is 0 Å². The summed E-state index contributed by atoms with van der Waals surface area (Å²) in [4.78, 5) is 10.7. The highest BCUT2D eigenvalue weighted by molar-refractivity contribution is 5.66. The first-order valence-electron chi connectivity index (χ1n) is 6.60. The van der Waals surface area contributed by atoms with Gasteiger partial charge in [-0.1, -0.05) is 43.2 Å². The van der Waals surface area contributed by atoms with Crippen LogP contribution < -0.4 is 0 Å². The molecule has 18 heavy (non-hydrogen) atoms. The largest absolute Gasteiger partial charge is 0.481 e. The molecule has 0 spiro atoms. The average Bonchev–Trinajstić information content (AvgIpc) is 2.85. The van der Waals surface area contributed by atoms with Gasteiger partial charge in [0.1, 0.15) is 0 Å². The molecule has 1 saturated carbocycles. The van der Waals surface area contributed by atoms with Gasteiger partial charge in [-0.15, -0.1) is 0 Å². The van der Waals surface area contributed by atoms with Crippen LogP contribution in [0.5, 0.6) is 0 Å². The highest BCUT2D eigenvalue weighted by atomic mass is 16.5. The molecule has 3 nitrogen and oxygen atoms in total. The van der Waals surface area contributed by atoms with Crippen molar-refractivity contribution in [3.05, 3.63) is 35.9 Å². The predicted octanol–water partition coefficient (Wildman–Crippen LogP) is 3.38. The van der Waals surface area contributed by atoms with Crippen molar-refractivity contribution < 1.29 is 14.6 Å². The molecular weight excluding hydrogens is 228 g/mol. The minimum Gasteiger partial charge on any atom is -0.481 e. The molecule has 0 bridgehead atoms. The van der Waals surface area contributed by atoms with Gasteiger partial charge in [-0.05, 0) is 24.8 Å². The van der Waals surface area contributed by atoms with Gasteiger partial charge in [0.15, 0.2) is 0 Å². The van der Waals surface area contributed by atoms with E-state index in [0.29, 0.717) is 13.0 Å². The van der Waals surface area contributed by atoms with E-state index < -0.39 is 5.97 Å². The molecule has 0 atom stereocenters. The second-order valence-corrected chi connectivity index (χ2v) is 5.06. The van der Waals surface area contributed by atoms with Crippen LogP contribution in [0.1, 0.15) is 44.1 Å². The molecule has 0 unspecified atom stereocenters. The van der Waals surface area contributed by atoms with Crippen molar-refractivity contribution in [3.63, 3.8) is 0 Å². The van der Waals surface area contributed by atoms with Gasteiger partial charge in [-0.25, -0.2) is 0 Å². The van der Waals surface area contributed by atoms with Crippen molar-refractivity contribution in [2.75, 3.05) is 0 Å². The molecule has 98 valence electrons. The van der Waals surface area contributed by atoms with E-state index in [1.807, 2.05) is 30.3 Å². The summed E-state index contributed by atoms with van der Waals surface area (Å²) in [6.45, 7) is 0.584. The fourth-order valence-corrected chi connectivity index (χ4v) is 2.63. The van der Waals surface area contributed by atoms with Crippen molar-refractivity contribution in [2.24, 2.45) is 0 Å². The average molecular weight is 248 g/mol. The Morgan fingerprint density at radius 3 is 2.50 bits per heavy atom. The molecular formula is C15H20O3. The third-order valence-electron chi connectivity index (χ3n) is 3.70. The fraction of sp³-hybridized carbons (Fsp3) is 0.533. The molecule has 1 aliphatic rings. The number of hydrogen-bond acceptors (Lipinski definition) is 2. The van der Waals surface area contributed by atoms with Crippen LogP contribution in [-0.4, -0.2) is 16.7 Å². The molecule has 0 heterocycles. The first-order chi connectivity index (χ1) is 8.70. The monoisotopic (exact) mass is 248 g/mol. The minimum absolute atomic E-state index is 0.200. The molecule has 0 radical (unpaired) electrons. The van der Waals surface area contributed by atoms with E-state index >= 15 is 0 Å². The van der Waals surface area contributed by atoms with Crippen LogP contribution in [0.25, 0.3) is 0 Å². The van der Waals surface area contributed by atoms with E-state index in [9.17, 15) is 4.79 Å². The highest BCUT2D eigenvalue weighted by Gasteiger charge is 2.34. The number of hydrogen-bond donors (Lipinski definition) is 1. The Hall–Kier alpha value is -1.35. The van der Waals surface area contributed by atoms with Gasteiger partial charge in [-0.3, -0.25) is 4.79 Å². The Bertz CT molecular complexity index is 380. The van der Waals surface area contributed by atoms with Crippen molar-refractivity contribution in [2.45, 2.75) is 50.7 Å². The van der Waals surface area contributed by atoms with E-state index in [4.69, 9.17) is 9.84 Å². The van der Waals surface area contributed by atoms with Gasteiger partial charge < -0.3 is 9.84 Å². The van der Waals surface area contributed by atoms with Gasteiger partial charge >= 0.3 is 5.97 Å². The zero-order valence-corrected chi connectivity index (χ0v) is 10.6. The van der Waals surface area contributed by atoms with Crippen LogP contribution >= 0.6 is 0 Å². The van der Waals surface area contributed by atoms with E-state index in [1.54, 1.807) is 0 Å². The molecule has 3 heteroatoms. The first kappa shape index (κ1) is 13.1. The normalized spacial score (nSPS) is 17.8. The molecule has 1 aromatic rings. The summed E-state index contributed by atoms with van der Waals surface area (Å²) in [6.07, 6.45) is 5.12. The minimum atomic E-state index is -0.732. The van der Waals surface area contributed by atoms with Crippen LogP contribution in [0.2, 0.25) is 0 Å². The number of aliphatic carboxylic acids is 1. The summed E-state index contributed by atoms with van der Waals surface area (Å²) in [5.41, 5.74) is 0.952. The Morgan fingerprint density at radius 2 is 1.89 bits per heavy atom. The van der Waals surface area contributed by atoms with Crippen LogP contribution in [0.3, 0.4) is 0 Å². The smallest absolute Gasteiger partial charge is 0.303 e. The fourth-order valence-electron chi connectivity index (χ4n) is 2.63. The zero-order valence-electron chi connectivity index (χ0n) is 10.6. The number of carbonyl (C=O) groups is 1. The number of ether oxygens (including phenoxy) is 1. The Morgan fingerprint density at radius 1 is 1.22 bits per heavy atom. The molecule has 1 N–H and O–H groups in total. The summed E-state index contributed by atoms with van der Waals surface area (Å²) in [5, 5.41) is 8.82. The number of benzene rings is 1. The van der Waals surface area contributed by atoms with Crippen LogP contribution in [-0.2, 0) is 16.1 Å². The Labute approximate surface area is 108 Å². The van der Waals surface area contributed by atoms with Gasteiger partial charge in [0, 0.05) is 6.42 Å². The second kappa shape index (κ2) is 6.01. The third-order valence-corrected chi connectivity index (χ3v) is 3.70. The lowest BCUT2D eigenvalue weighted by molar-refractivity contribution is -0.139. The molecule has 0 amide bonds. The van der Waals surface area contributed by atoms with E-state index in [1.165, 1.54) is 0 Å². The maximum absolute atomic E-state index is 10.7. The van der Waals surface area contributed by atoms with Gasteiger partial charge in [0.25, 0.3) is 0 Å². The van der Waals surface area contributed by atoms with Gasteiger partial charge in [-0.2, -0.15) is 0 Å². The lowest BCUT2D eigenvalue weighted by Crippen LogP contribution is -2.29. The summed E-state index contributed by atoms with van der Waals surface area (Å²) >= 11 is 0. The second-order valence-electron chi connectivity index (χ2n) is 5.06. The molecule has 2 rings (SSSR count). The molecule has 1 aromatic carbocycles. The van der Waals surface area contributed by atoms with Crippen molar-refractivity contribution in [1.82, 2.24) is 0 Å². The van der Waals surface area contributed by atoms with Crippen molar-refractivity contribution >= 4 is 5.97 Å². The van der Waals surface area contributed by atoms with Gasteiger partial charge in [0.05, 0.1) is 12.2 Å². The number of carboxylic acid groups (broad SMARTS) is 1. The molecule has 0 aromatic heterocycles. The summed E-state index contributed by atoms with van der Waals surface area (Å²) in [7, 11) is 0. The highest BCUT2D eigenvalue weighted by Crippen LogP contribution is 2.37. The van der Waals surface area contributed by atoms with Crippen LogP contribution in [0.4, 0.5) is 0 Å². The quantitative estimate of drug-likeness (QED) is 0.839. The maximum Gasteiger partial charge on any atom is 0.303 e. The van der Waals surface area contributed by atoms with Crippen LogP contribution in [0, 0.1) is 0 Å². The zero-order chi connectivity index (χ0) is 12.8. The maximum atomic E-state index is 10.7. The lowest BCUT2D eigenvalue weighted by Gasteiger charge is -2.29. The Balaban J connectivity index is 1.92. The van der Waals surface area contributed by atoms with Crippen molar-refractivity contribution in [3.8, 4) is 0 Å². The van der Waals surface area contributed by atoms with E-state index in [2.05, 4.69) is 0 Å². The summed E-state index contributed by atoms with van der Waals surface area (Å²) < 4.78 is 6.06. The third kappa shape index (κ3) is 3.57. The molecule has 1 aliphatic carbocycles. The topological polar surface area (TPSA) is 46.5 Å². The standard InChI is InChI=1S/C15H20O3/c16-14(17)8-11-15(9-4-5-10-15)18-12-13-6-2-1-3-7-13/h1-3,6-7H,4-5,8-12H2,(H,16,17).